The molecule has 1 saturated carbocycles. The SMILES string of the molecule is COCC(NC1CCSc2ccc(F)cc21)C1CC1. The molecule has 2 atom stereocenters. The van der Waals surface area contributed by atoms with Gasteiger partial charge in [-0.1, -0.05) is 0 Å². The Labute approximate surface area is 118 Å². The average Bonchev–Trinajstić information content (AvgIpc) is 3.23. The molecule has 104 valence electrons. The highest BCUT2D eigenvalue weighted by molar-refractivity contribution is 7.99. The van der Waals surface area contributed by atoms with E-state index in [-0.39, 0.29) is 11.9 Å². The van der Waals surface area contributed by atoms with Crippen molar-refractivity contribution in [3.63, 3.8) is 0 Å². The highest BCUT2D eigenvalue weighted by atomic mass is 32.2. The first-order valence-corrected chi connectivity index (χ1v) is 7.93. The van der Waals surface area contributed by atoms with Gasteiger partial charge in [0.2, 0.25) is 0 Å². The lowest BCUT2D eigenvalue weighted by Crippen LogP contribution is -2.39. The van der Waals surface area contributed by atoms with Crippen LogP contribution in [0, 0.1) is 11.7 Å². The van der Waals surface area contributed by atoms with Gasteiger partial charge >= 0.3 is 0 Å². The molecule has 0 aromatic heterocycles. The Balaban J connectivity index is 1.76. The van der Waals surface area contributed by atoms with Crippen molar-refractivity contribution in [2.45, 2.75) is 36.2 Å². The number of nitrogens with one attached hydrogen (secondary N) is 1. The quantitative estimate of drug-likeness (QED) is 0.894. The molecule has 0 bridgehead atoms. The molecule has 2 unspecified atom stereocenters. The molecule has 1 aliphatic carbocycles. The summed E-state index contributed by atoms with van der Waals surface area (Å²) in [6.07, 6.45) is 3.64. The van der Waals surface area contributed by atoms with E-state index in [1.807, 2.05) is 17.8 Å². The molecule has 0 radical (unpaired) electrons. The Hall–Kier alpha value is -0.580. The monoisotopic (exact) mass is 281 g/mol. The predicted molar refractivity (Wildman–Crippen MR) is 76.0 cm³/mol. The minimum absolute atomic E-state index is 0.136. The van der Waals surface area contributed by atoms with Crippen LogP contribution in [0.25, 0.3) is 0 Å². The van der Waals surface area contributed by atoms with Crippen molar-refractivity contribution in [2.75, 3.05) is 19.5 Å². The molecule has 1 fully saturated rings. The molecule has 4 heteroatoms. The lowest BCUT2D eigenvalue weighted by molar-refractivity contribution is 0.150. The normalized spacial score (nSPS) is 24.0. The molecule has 0 amide bonds. The van der Waals surface area contributed by atoms with Gasteiger partial charge in [-0.3, -0.25) is 0 Å². The smallest absolute Gasteiger partial charge is 0.123 e. The maximum Gasteiger partial charge on any atom is 0.123 e. The third-order valence-corrected chi connectivity index (χ3v) is 5.09. The molecule has 1 aromatic carbocycles. The van der Waals surface area contributed by atoms with Crippen LogP contribution in [0.4, 0.5) is 4.39 Å². The van der Waals surface area contributed by atoms with Crippen LogP contribution in [0.1, 0.15) is 30.9 Å². The zero-order valence-electron chi connectivity index (χ0n) is 11.2. The highest BCUT2D eigenvalue weighted by Gasteiger charge is 2.33. The molecule has 1 aromatic rings. The second-order valence-electron chi connectivity index (χ2n) is 5.44. The molecule has 2 nitrogen and oxygen atoms in total. The van der Waals surface area contributed by atoms with Gasteiger partial charge in [0, 0.05) is 24.1 Å². The number of hydrogen-bond donors (Lipinski definition) is 1. The molecule has 1 aliphatic heterocycles. The molecule has 0 spiro atoms. The van der Waals surface area contributed by atoms with Crippen LogP contribution in [0.5, 0.6) is 0 Å². The number of benzene rings is 1. The van der Waals surface area contributed by atoms with Crippen molar-refractivity contribution in [2.24, 2.45) is 5.92 Å². The van der Waals surface area contributed by atoms with Gasteiger partial charge in [0.25, 0.3) is 0 Å². The fourth-order valence-corrected chi connectivity index (χ4v) is 3.90. The third-order valence-electron chi connectivity index (χ3n) is 3.96. The molecular formula is C15H20FNOS. The maximum absolute atomic E-state index is 13.5. The standard InChI is InChI=1S/C15H20FNOS/c1-18-9-14(10-2-3-10)17-13-6-7-19-15-5-4-11(16)8-12(13)15/h4-5,8,10,13-14,17H,2-3,6-7,9H2,1H3. The largest absolute Gasteiger partial charge is 0.383 e. The summed E-state index contributed by atoms with van der Waals surface area (Å²) in [4.78, 5) is 1.22. The van der Waals surface area contributed by atoms with E-state index in [0.29, 0.717) is 6.04 Å². The lowest BCUT2D eigenvalue weighted by Gasteiger charge is -2.30. The average molecular weight is 281 g/mol. The second-order valence-corrected chi connectivity index (χ2v) is 6.57. The first-order valence-electron chi connectivity index (χ1n) is 6.95. The summed E-state index contributed by atoms with van der Waals surface area (Å²) in [6, 6.07) is 5.84. The second kappa shape index (κ2) is 5.81. The first-order chi connectivity index (χ1) is 9.28. The van der Waals surface area contributed by atoms with Crippen LogP contribution in [0.15, 0.2) is 23.1 Å². The Kier molecular flexibility index (Phi) is 4.10. The summed E-state index contributed by atoms with van der Waals surface area (Å²) in [5, 5.41) is 3.70. The van der Waals surface area contributed by atoms with E-state index in [0.717, 1.165) is 30.3 Å². The van der Waals surface area contributed by atoms with Crippen LogP contribution in [-0.4, -0.2) is 25.5 Å². The third kappa shape index (κ3) is 3.12. The summed E-state index contributed by atoms with van der Waals surface area (Å²) in [5.41, 5.74) is 1.12. The van der Waals surface area contributed by atoms with Crippen LogP contribution >= 0.6 is 11.8 Å². The van der Waals surface area contributed by atoms with Crippen LogP contribution in [-0.2, 0) is 4.74 Å². The van der Waals surface area contributed by atoms with Gasteiger partial charge in [0.15, 0.2) is 0 Å². The molecule has 2 aliphatic rings. The number of ether oxygens (including phenoxy) is 1. The van der Waals surface area contributed by atoms with E-state index >= 15 is 0 Å². The zero-order valence-corrected chi connectivity index (χ0v) is 12.0. The topological polar surface area (TPSA) is 21.3 Å². The van der Waals surface area contributed by atoms with Gasteiger partial charge < -0.3 is 10.1 Å². The molecule has 1 N–H and O–H groups in total. The molecule has 1 heterocycles. The Morgan fingerprint density at radius 1 is 1.42 bits per heavy atom. The van der Waals surface area contributed by atoms with Gasteiger partial charge in [-0.25, -0.2) is 4.39 Å². The van der Waals surface area contributed by atoms with E-state index in [1.165, 1.54) is 17.7 Å². The Bertz CT molecular complexity index is 450. The van der Waals surface area contributed by atoms with Crippen LogP contribution in [0.2, 0.25) is 0 Å². The van der Waals surface area contributed by atoms with E-state index in [2.05, 4.69) is 5.32 Å². The zero-order chi connectivity index (χ0) is 13.2. The van der Waals surface area contributed by atoms with Crippen LogP contribution < -0.4 is 5.32 Å². The minimum atomic E-state index is -0.136. The van der Waals surface area contributed by atoms with Crippen molar-refractivity contribution in [3.05, 3.63) is 29.6 Å². The minimum Gasteiger partial charge on any atom is -0.383 e. The number of fused-ring (bicyclic) bond motifs is 1. The number of rotatable bonds is 5. The van der Waals surface area contributed by atoms with Crippen molar-refractivity contribution >= 4 is 11.8 Å². The van der Waals surface area contributed by atoms with E-state index < -0.39 is 0 Å². The van der Waals surface area contributed by atoms with Crippen molar-refractivity contribution in [3.8, 4) is 0 Å². The van der Waals surface area contributed by atoms with Gasteiger partial charge in [-0.05, 0) is 54.7 Å². The number of hydrogen-bond acceptors (Lipinski definition) is 3. The summed E-state index contributed by atoms with van der Waals surface area (Å²) in [7, 11) is 1.75. The maximum atomic E-state index is 13.5. The summed E-state index contributed by atoms with van der Waals surface area (Å²) in [6.45, 7) is 0.749. The molecule has 0 saturated heterocycles. The summed E-state index contributed by atoms with van der Waals surface area (Å²) < 4.78 is 18.8. The summed E-state index contributed by atoms with van der Waals surface area (Å²) >= 11 is 1.83. The van der Waals surface area contributed by atoms with Gasteiger partial charge in [0.05, 0.1) is 6.61 Å². The Morgan fingerprint density at radius 3 is 3.00 bits per heavy atom. The highest BCUT2D eigenvalue weighted by Crippen LogP contribution is 2.39. The van der Waals surface area contributed by atoms with Crippen LogP contribution in [0.3, 0.4) is 0 Å². The fourth-order valence-electron chi connectivity index (χ4n) is 2.80. The van der Waals surface area contributed by atoms with E-state index in [9.17, 15) is 4.39 Å². The van der Waals surface area contributed by atoms with Crippen molar-refractivity contribution in [1.29, 1.82) is 0 Å². The van der Waals surface area contributed by atoms with Gasteiger partial charge in [0.1, 0.15) is 5.82 Å². The van der Waals surface area contributed by atoms with Crippen molar-refractivity contribution < 1.29 is 9.13 Å². The molecular weight excluding hydrogens is 261 g/mol. The summed E-state index contributed by atoms with van der Waals surface area (Å²) in [5.74, 6) is 1.70. The fraction of sp³-hybridized carbons (Fsp3) is 0.600. The first kappa shape index (κ1) is 13.4. The van der Waals surface area contributed by atoms with Gasteiger partial charge in [-0.2, -0.15) is 0 Å². The van der Waals surface area contributed by atoms with Gasteiger partial charge in [-0.15, -0.1) is 11.8 Å². The molecule has 19 heavy (non-hydrogen) atoms. The van der Waals surface area contributed by atoms with E-state index in [1.54, 1.807) is 19.2 Å². The number of methoxy groups -OCH3 is 1. The van der Waals surface area contributed by atoms with E-state index in [4.69, 9.17) is 4.74 Å². The number of halogens is 1. The van der Waals surface area contributed by atoms with Crippen molar-refractivity contribution in [1.82, 2.24) is 5.32 Å². The lowest BCUT2D eigenvalue weighted by atomic mass is 10.0. The Morgan fingerprint density at radius 2 is 2.26 bits per heavy atom. The number of thioether (sulfide) groups is 1. The molecule has 3 rings (SSSR count). The predicted octanol–water partition coefficient (Wildman–Crippen LogP) is 3.38.